The highest BCUT2D eigenvalue weighted by Crippen LogP contribution is 2.21. The lowest BCUT2D eigenvalue weighted by Crippen LogP contribution is -2.16. The summed E-state index contributed by atoms with van der Waals surface area (Å²) in [6.45, 7) is 1.25. The molecular weight excluding hydrogens is 346 g/mol. The first-order valence-corrected chi connectivity index (χ1v) is 8.73. The standard InChI is InChI=1S/C19H19N5O3/c25-19-23-17-20-13-3-7-15(8-4-13)26-11-1-2-12-27-16-9-5-14(6-10-16)21-18(22-17)24-19/h3-10H,1-2,11-12H2,(H3,20,21,22,23,24,25). The van der Waals surface area contributed by atoms with Crippen LogP contribution in [0.4, 0.5) is 23.3 Å². The summed E-state index contributed by atoms with van der Waals surface area (Å²) in [5, 5.41) is 6.09. The molecule has 8 nitrogen and oxygen atoms in total. The zero-order valence-electron chi connectivity index (χ0n) is 14.6. The highest BCUT2D eigenvalue weighted by molar-refractivity contribution is 5.58. The minimum Gasteiger partial charge on any atom is -0.494 e. The number of aromatic nitrogens is 3. The van der Waals surface area contributed by atoms with Crippen LogP contribution in [0.1, 0.15) is 12.8 Å². The van der Waals surface area contributed by atoms with Gasteiger partial charge in [0, 0.05) is 11.4 Å². The maximum atomic E-state index is 11.9. The Labute approximate surface area is 155 Å². The molecule has 27 heavy (non-hydrogen) atoms. The first-order valence-electron chi connectivity index (χ1n) is 8.73. The van der Waals surface area contributed by atoms with Crippen molar-refractivity contribution in [3.63, 3.8) is 0 Å². The molecule has 0 spiro atoms. The van der Waals surface area contributed by atoms with Crippen molar-refractivity contribution in [2.45, 2.75) is 12.8 Å². The minimum absolute atomic E-state index is 0.202. The molecule has 0 amide bonds. The highest BCUT2D eigenvalue weighted by atomic mass is 16.5. The van der Waals surface area contributed by atoms with Gasteiger partial charge in [0.25, 0.3) is 0 Å². The molecule has 8 heteroatoms. The van der Waals surface area contributed by atoms with E-state index < -0.39 is 5.69 Å². The van der Waals surface area contributed by atoms with Gasteiger partial charge in [0.2, 0.25) is 11.9 Å². The second kappa shape index (κ2) is 7.77. The topological polar surface area (TPSA) is 101 Å². The monoisotopic (exact) mass is 365 g/mol. The van der Waals surface area contributed by atoms with E-state index in [9.17, 15) is 4.79 Å². The third kappa shape index (κ3) is 4.55. The fourth-order valence-electron chi connectivity index (χ4n) is 2.62. The van der Waals surface area contributed by atoms with E-state index in [2.05, 4.69) is 25.6 Å². The minimum atomic E-state index is -0.499. The molecule has 2 aromatic carbocycles. The van der Waals surface area contributed by atoms with Crippen LogP contribution < -0.4 is 25.8 Å². The second-order valence-corrected chi connectivity index (χ2v) is 6.03. The Morgan fingerprint density at radius 1 is 0.741 bits per heavy atom. The first kappa shape index (κ1) is 16.9. The molecule has 5 heterocycles. The van der Waals surface area contributed by atoms with Crippen molar-refractivity contribution in [3.8, 4) is 11.5 Å². The van der Waals surface area contributed by atoms with Crippen LogP contribution in [-0.4, -0.2) is 28.2 Å². The van der Waals surface area contributed by atoms with E-state index in [1.165, 1.54) is 0 Å². The van der Waals surface area contributed by atoms with Crippen LogP contribution in [0.2, 0.25) is 0 Å². The van der Waals surface area contributed by atoms with Gasteiger partial charge in [0.05, 0.1) is 13.2 Å². The number of hydrogen-bond donors (Lipinski definition) is 3. The number of hydrogen-bond acceptors (Lipinski definition) is 7. The largest absolute Gasteiger partial charge is 0.494 e. The molecule has 1 aromatic heterocycles. The van der Waals surface area contributed by atoms with Crippen molar-refractivity contribution < 1.29 is 9.47 Å². The third-order valence-corrected chi connectivity index (χ3v) is 3.95. The van der Waals surface area contributed by atoms with E-state index in [4.69, 9.17) is 9.47 Å². The van der Waals surface area contributed by atoms with Crippen LogP contribution in [0.15, 0.2) is 53.3 Å². The zero-order chi connectivity index (χ0) is 18.5. The molecule has 7 rings (SSSR count). The Kier molecular flexibility index (Phi) is 4.86. The third-order valence-electron chi connectivity index (χ3n) is 3.95. The molecular formula is C19H19N5O3. The molecule has 0 fully saturated rings. The van der Waals surface area contributed by atoms with Crippen LogP contribution in [0, 0.1) is 0 Å². The molecule has 4 aliphatic rings. The lowest BCUT2D eigenvalue weighted by Gasteiger charge is -2.09. The van der Waals surface area contributed by atoms with Gasteiger partial charge in [0.1, 0.15) is 11.5 Å². The molecule has 6 bridgehead atoms. The van der Waals surface area contributed by atoms with Crippen LogP contribution >= 0.6 is 0 Å². The second-order valence-electron chi connectivity index (χ2n) is 6.03. The van der Waals surface area contributed by atoms with E-state index >= 15 is 0 Å². The van der Waals surface area contributed by atoms with Gasteiger partial charge in [-0.3, -0.25) is 4.98 Å². The zero-order valence-corrected chi connectivity index (χ0v) is 14.6. The van der Waals surface area contributed by atoms with Crippen LogP contribution in [0.3, 0.4) is 0 Å². The Balaban J connectivity index is 1.63. The van der Waals surface area contributed by atoms with Crippen molar-refractivity contribution in [2.24, 2.45) is 0 Å². The molecule has 3 aromatic rings. The molecule has 138 valence electrons. The lowest BCUT2D eigenvalue weighted by molar-refractivity contribution is 0.266. The average Bonchev–Trinajstić information content (AvgIpc) is 2.66. The van der Waals surface area contributed by atoms with Crippen molar-refractivity contribution in [3.05, 3.63) is 59.0 Å². The maximum absolute atomic E-state index is 11.9. The number of rotatable bonds is 0. The van der Waals surface area contributed by atoms with Crippen LogP contribution in [0.5, 0.6) is 11.5 Å². The molecule has 4 aliphatic heterocycles. The predicted octanol–water partition coefficient (Wildman–Crippen LogP) is 3.20. The number of H-pyrrole nitrogens is 1. The van der Waals surface area contributed by atoms with Crippen LogP contribution in [-0.2, 0) is 0 Å². The molecule has 0 saturated carbocycles. The summed E-state index contributed by atoms with van der Waals surface area (Å²) in [4.78, 5) is 22.6. The summed E-state index contributed by atoms with van der Waals surface area (Å²) in [6, 6.07) is 14.9. The highest BCUT2D eigenvalue weighted by Gasteiger charge is 2.06. The van der Waals surface area contributed by atoms with Crippen LogP contribution in [0.25, 0.3) is 0 Å². The number of nitrogens with zero attached hydrogens (tertiary/aromatic N) is 2. The smallest absolute Gasteiger partial charge is 0.351 e. The summed E-state index contributed by atoms with van der Waals surface area (Å²) >= 11 is 0. The Hall–Kier alpha value is -3.55. The number of nitrogens with one attached hydrogen (secondary N) is 3. The van der Waals surface area contributed by atoms with E-state index in [0.29, 0.717) is 19.2 Å². The maximum Gasteiger partial charge on any atom is 0.351 e. The van der Waals surface area contributed by atoms with E-state index in [1.807, 2.05) is 48.5 Å². The van der Waals surface area contributed by atoms with Crippen molar-refractivity contribution in [1.82, 2.24) is 15.0 Å². The van der Waals surface area contributed by atoms with Gasteiger partial charge in [0.15, 0.2) is 0 Å². The summed E-state index contributed by atoms with van der Waals surface area (Å²) in [5.41, 5.74) is 1.04. The normalized spacial score (nSPS) is 13.9. The molecule has 0 saturated heterocycles. The van der Waals surface area contributed by atoms with Crippen molar-refractivity contribution in [2.75, 3.05) is 23.8 Å². The predicted molar refractivity (Wildman–Crippen MR) is 102 cm³/mol. The van der Waals surface area contributed by atoms with Gasteiger partial charge < -0.3 is 20.1 Å². The number of ether oxygens (including phenoxy) is 2. The molecule has 3 N–H and O–H groups in total. The Bertz CT molecular complexity index is 880. The number of aromatic amines is 1. The van der Waals surface area contributed by atoms with Crippen molar-refractivity contribution >= 4 is 23.3 Å². The van der Waals surface area contributed by atoms with Gasteiger partial charge in [-0.1, -0.05) is 0 Å². The molecule has 0 radical (unpaired) electrons. The quantitative estimate of drug-likeness (QED) is 0.562. The molecule has 0 unspecified atom stereocenters. The summed E-state index contributed by atoms with van der Waals surface area (Å²) in [6.07, 6.45) is 1.81. The Morgan fingerprint density at radius 3 is 1.89 bits per heavy atom. The van der Waals surface area contributed by atoms with Gasteiger partial charge >= 0.3 is 5.69 Å². The van der Waals surface area contributed by atoms with E-state index in [-0.39, 0.29) is 5.95 Å². The average molecular weight is 365 g/mol. The number of benzene rings is 2. The van der Waals surface area contributed by atoms with E-state index in [1.54, 1.807) is 0 Å². The summed E-state index contributed by atoms with van der Waals surface area (Å²) in [5.74, 6) is 2.06. The SMILES string of the molecule is O=c1nc2nc([nH]1)Nc1ccc(cc1)OCCCCOc1ccc(cc1)N2. The summed E-state index contributed by atoms with van der Waals surface area (Å²) < 4.78 is 11.5. The van der Waals surface area contributed by atoms with Gasteiger partial charge in [-0.05, 0) is 61.4 Å². The van der Waals surface area contributed by atoms with E-state index in [0.717, 1.165) is 35.7 Å². The van der Waals surface area contributed by atoms with Gasteiger partial charge in [-0.25, -0.2) is 4.79 Å². The van der Waals surface area contributed by atoms with Gasteiger partial charge in [-0.15, -0.1) is 0 Å². The fourth-order valence-corrected chi connectivity index (χ4v) is 2.62. The molecule has 0 atom stereocenters. The first-order chi connectivity index (χ1) is 13.2. The lowest BCUT2D eigenvalue weighted by atomic mass is 10.3. The fraction of sp³-hybridized carbons (Fsp3) is 0.211. The summed E-state index contributed by atoms with van der Waals surface area (Å²) in [7, 11) is 0. The molecule has 0 aliphatic carbocycles. The van der Waals surface area contributed by atoms with Crippen molar-refractivity contribution in [1.29, 1.82) is 0 Å². The number of anilines is 4. The van der Waals surface area contributed by atoms with Gasteiger partial charge in [-0.2, -0.15) is 9.97 Å². The Morgan fingerprint density at radius 2 is 1.30 bits per heavy atom.